The summed E-state index contributed by atoms with van der Waals surface area (Å²) in [6, 6.07) is 9.79. The van der Waals surface area contributed by atoms with Crippen LogP contribution in [0.3, 0.4) is 0 Å². The van der Waals surface area contributed by atoms with Gasteiger partial charge < -0.3 is 14.6 Å². The topological polar surface area (TPSA) is 38.7 Å². The summed E-state index contributed by atoms with van der Waals surface area (Å²) in [7, 11) is 1.56. The van der Waals surface area contributed by atoms with Gasteiger partial charge in [0, 0.05) is 16.1 Å². The molecule has 0 aliphatic heterocycles. The SMILES string of the molecule is COc1ccc([C@@H](C)O)c(OCc2cc(F)cc(Br)c2)c1. The lowest BCUT2D eigenvalue weighted by atomic mass is 10.1. The minimum absolute atomic E-state index is 0.198. The summed E-state index contributed by atoms with van der Waals surface area (Å²) in [5.41, 5.74) is 1.35. The van der Waals surface area contributed by atoms with Crippen molar-refractivity contribution in [3.8, 4) is 11.5 Å². The zero-order chi connectivity index (χ0) is 15.4. The van der Waals surface area contributed by atoms with E-state index in [2.05, 4.69) is 15.9 Å². The van der Waals surface area contributed by atoms with Crippen LogP contribution >= 0.6 is 15.9 Å². The van der Waals surface area contributed by atoms with Crippen molar-refractivity contribution in [2.45, 2.75) is 19.6 Å². The molecular formula is C16H16BrFO3. The van der Waals surface area contributed by atoms with Gasteiger partial charge in [-0.3, -0.25) is 0 Å². The summed E-state index contributed by atoms with van der Waals surface area (Å²) in [5.74, 6) is 0.823. The average molecular weight is 355 g/mol. The first-order valence-electron chi connectivity index (χ1n) is 6.43. The molecule has 0 aliphatic rings. The van der Waals surface area contributed by atoms with E-state index in [0.29, 0.717) is 27.1 Å². The largest absolute Gasteiger partial charge is 0.497 e. The molecule has 2 aromatic rings. The minimum Gasteiger partial charge on any atom is -0.497 e. The highest BCUT2D eigenvalue weighted by Gasteiger charge is 2.11. The van der Waals surface area contributed by atoms with Gasteiger partial charge >= 0.3 is 0 Å². The van der Waals surface area contributed by atoms with Gasteiger partial charge in [0.05, 0.1) is 13.2 Å². The molecule has 0 aliphatic carbocycles. The maximum absolute atomic E-state index is 13.3. The summed E-state index contributed by atoms with van der Waals surface area (Å²) in [6.07, 6.45) is -0.662. The van der Waals surface area contributed by atoms with Gasteiger partial charge in [-0.05, 0) is 42.8 Å². The Morgan fingerprint density at radius 3 is 2.62 bits per heavy atom. The molecule has 2 aromatic carbocycles. The van der Waals surface area contributed by atoms with E-state index < -0.39 is 6.10 Å². The van der Waals surface area contributed by atoms with Crippen LogP contribution in [0.15, 0.2) is 40.9 Å². The molecule has 0 saturated carbocycles. The number of benzene rings is 2. The van der Waals surface area contributed by atoms with Gasteiger partial charge in [-0.2, -0.15) is 0 Å². The van der Waals surface area contributed by atoms with E-state index in [9.17, 15) is 9.50 Å². The zero-order valence-electron chi connectivity index (χ0n) is 11.8. The van der Waals surface area contributed by atoms with Crippen LogP contribution in [0.1, 0.15) is 24.2 Å². The molecule has 0 aromatic heterocycles. The smallest absolute Gasteiger partial charge is 0.129 e. The molecule has 0 unspecified atom stereocenters. The number of rotatable bonds is 5. The molecule has 0 bridgehead atoms. The maximum Gasteiger partial charge on any atom is 0.129 e. The summed E-state index contributed by atoms with van der Waals surface area (Å²) < 4.78 is 24.8. The number of methoxy groups -OCH3 is 1. The van der Waals surface area contributed by atoms with Gasteiger partial charge in [-0.25, -0.2) is 4.39 Å². The lowest BCUT2D eigenvalue weighted by Crippen LogP contribution is -2.02. The number of hydrogen-bond donors (Lipinski definition) is 1. The van der Waals surface area contributed by atoms with E-state index >= 15 is 0 Å². The Hall–Kier alpha value is -1.59. The Balaban J connectivity index is 2.21. The number of halogens is 2. The normalized spacial score (nSPS) is 12.0. The Bertz CT molecular complexity index is 609. The molecule has 5 heteroatoms. The average Bonchev–Trinajstić information content (AvgIpc) is 2.43. The Morgan fingerprint density at radius 1 is 1.24 bits per heavy atom. The first-order valence-corrected chi connectivity index (χ1v) is 7.22. The quantitative estimate of drug-likeness (QED) is 0.873. The molecular weight excluding hydrogens is 339 g/mol. The first kappa shape index (κ1) is 15.8. The van der Waals surface area contributed by atoms with E-state index in [0.717, 1.165) is 0 Å². The van der Waals surface area contributed by atoms with Crippen LogP contribution in [0.4, 0.5) is 4.39 Å². The molecule has 1 atom stereocenters. The number of aliphatic hydroxyl groups is 1. The number of aliphatic hydroxyl groups excluding tert-OH is 1. The summed E-state index contributed by atoms with van der Waals surface area (Å²) in [4.78, 5) is 0. The Labute approximate surface area is 131 Å². The van der Waals surface area contributed by atoms with Crippen LogP contribution in [-0.2, 0) is 6.61 Å². The van der Waals surface area contributed by atoms with E-state index in [1.54, 1.807) is 38.3 Å². The van der Waals surface area contributed by atoms with Crippen molar-refractivity contribution in [2.75, 3.05) is 7.11 Å². The highest BCUT2D eigenvalue weighted by Crippen LogP contribution is 2.30. The molecule has 0 spiro atoms. The van der Waals surface area contributed by atoms with Gasteiger partial charge in [-0.1, -0.05) is 15.9 Å². The third-order valence-corrected chi connectivity index (χ3v) is 3.45. The molecule has 21 heavy (non-hydrogen) atoms. The van der Waals surface area contributed by atoms with Gasteiger partial charge in [0.2, 0.25) is 0 Å². The molecule has 0 radical (unpaired) electrons. The third kappa shape index (κ3) is 4.19. The maximum atomic E-state index is 13.3. The van der Waals surface area contributed by atoms with Crippen LogP contribution in [0.2, 0.25) is 0 Å². The highest BCUT2D eigenvalue weighted by molar-refractivity contribution is 9.10. The molecule has 0 saturated heterocycles. The predicted molar refractivity (Wildman–Crippen MR) is 82.1 cm³/mol. The van der Waals surface area contributed by atoms with Crippen molar-refractivity contribution in [3.63, 3.8) is 0 Å². The van der Waals surface area contributed by atoms with Crippen LogP contribution in [-0.4, -0.2) is 12.2 Å². The first-order chi connectivity index (χ1) is 9.99. The van der Waals surface area contributed by atoms with Gasteiger partial charge in [-0.15, -0.1) is 0 Å². The second-order valence-electron chi connectivity index (χ2n) is 4.65. The second kappa shape index (κ2) is 6.91. The van der Waals surface area contributed by atoms with Crippen LogP contribution in [0.25, 0.3) is 0 Å². The summed E-state index contributed by atoms with van der Waals surface area (Å²) in [5, 5.41) is 9.77. The van der Waals surface area contributed by atoms with Crippen LogP contribution in [0.5, 0.6) is 11.5 Å². The molecule has 3 nitrogen and oxygen atoms in total. The van der Waals surface area contributed by atoms with Crippen molar-refractivity contribution in [1.29, 1.82) is 0 Å². The summed E-state index contributed by atoms with van der Waals surface area (Å²) in [6.45, 7) is 1.86. The Kier molecular flexibility index (Phi) is 5.20. The second-order valence-corrected chi connectivity index (χ2v) is 5.56. The van der Waals surface area contributed by atoms with E-state index in [-0.39, 0.29) is 12.4 Å². The molecule has 112 valence electrons. The molecule has 1 N–H and O–H groups in total. The van der Waals surface area contributed by atoms with Gasteiger partial charge in [0.25, 0.3) is 0 Å². The van der Waals surface area contributed by atoms with Crippen molar-refractivity contribution in [3.05, 3.63) is 57.8 Å². The Morgan fingerprint density at radius 2 is 2.00 bits per heavy atom. The molecule has 0 amide bonds. The van der Waals surface area contributed by atoms with E-state index in [1.165, 1.54) is 12.1 Å². The fourth-order valence-electron chi connectivity index (χ4n) is 1.97. The fourth-order valence-corrected chi connectivity index (χ4v) is 2.48. The predicted octanol–water partition coefficient (Wildman–Crippen LogP) is 4.23. The number of hydrogen-bond acceptors (Lipinski definition) is 3. The number of ether oxygens (including phenoxy) is 2. The van der Waals surface area contributed by atoms with E-state index in [1.807, 2.05) is 0 Å². The fraction of sp³-hybridized carbons (Fsp3) is 0.250. The van der Waals surface area contributed by atoms with Crippen LogP contribution in [0, 0.1) is 5.82 Å². The van der Waals surface area contributed by atoms with Crippen molar-refractivity contribution in [1.82, 2.24) is 0 Å². The highest BCUT2D eigenvalue weighted by atomic mass is 79.9. The van der Waals surface area contributed by atoms with Gasteiger partial charge in [0.15, 0.2) is 0 Å². The van der Waals surface area contributed by atoms with Gasteiger partial charge in [0.1, 0.15) is 23.9 Å². The molecule has 2 rings (SSSR count). The van der Waals surface area contributed by atoms with Crippen molar-refractivity contribution in [2.24, 2.45) is 0 Å². The van der Waals surface area contributed by atoms with Crippen molar-refractivity contribution < 1.29 is 19.0 Å². The van der Waals surface area contributed by atoms with Crippen molar-refractivity contribution >= 4 is 15.9 Å². The summed E-state index contributed by atoms with van der Waals surface area (Å²) >= 11 is 3.24. The van der Waals surface area contributed by atoms with E-state index in [4.69, 9.17) is 9.47 Å². The third-order valence-electron chi connectivity index (χ3n) is 2.99. The minimum atomic E-state index is -0.662. The van der Waals surface area contributed by atoms with Crippen LogP contribution < -0.4 is 9.47 Å². The molecule has 0 heterocycles. The lowest BCUT2D eigenvalue weighted by Gasteiger charge is -2.15. The molecule has 0 fully saturated rings. The zero-order valence-corrected chi connectivity index (χ0v) is 13.4. The standard InChI is InChI=1S/C16H16BrFO3/c1-10(19)15-4-3-14(20-2)8-16(15)21-9-11-5-12(17)7-13(18)6-11/h3-8,10,19H,9H2,1-2H3/t10-/m1/s1. The monoisotopic (exact) mass is 354 g/mol. The lowest BCUT2D eigenvalue weighted by molar-refractivity contribution is 0.190.